The van der Waals surface area contributed by atoms with Crippen LogP contribution in [0.2, 0.25) is 0 Å². The first-order valence-electron chi connectivity index (χ1n) is 10.6. The quantitative estimate of drug-likeness (QED) is 0.455. The van der Waals surface area contributed by atoms with Gasteiger partial charge in [0.05, 0.1) is 12.3 Å². The van der Waals surface area contributed by atoms with Crippen molar-refractivity contribution in [3.05, 3.63) is 60.3 Å². The highest BCUT2D eigenvalue weighted by Crippen LogP contribution is 2.36. The lowest BCUT2D eigenvalue weighted by atomic mass is 10.0. The molecular formula is C24H28N4O3. The van der Waals surface area contributed by atoms with E-state index in [-0.39, 0.29) is 23.4 Å². The van der Waals surface area contributed by atoms with E-state index in [1.807, 2.05) is 42.5 Å². The smallest absolute Gasteiger partial charge is 0.275 e. The zero-order chi connectivity index (χ0) is 22.1. The van der Waals surface area contributed by atoms with Gasteiger partial charge in [-0.1, -0.05) is 13.5 Å². The summed E-state index contributed by atoms with van der Waals surface area (Å²) in [6.07, 6.45) is 2.53. The molecular weight excluding hydrogens is 392 g/mol. The van der Waals surface area contributed by atoms with Crippen molar-refractivity contribution < 1.29 is 14.3 Å². The summed E-state index contributed by atoms with van der Waals surface area (Å²) in [7, 11) is 1.68. The van der Waals surface area contributed by atoms with Crippen molar-refractivity contribution in [2.45, 2.75) is 32.1 Å². The van der Waals surface area contributed by atoms with Crippen molar-refractivity contribution in [2.24, 2.45) is 5.84 Å². The molecule has 1 fully saturated rings. The number of nitrogens with two attached hydrogens (primary N) is 1. The summed E-state index contributed by atoms with van der Waals surface area (Å²) in [4.78, 5) is 28.4. The molecule has 7 nitrogen and oxygen atoms in total. The second-order valence-corrected chi connectivity index (χ2v) is 8.13. The van der Waals surface area contributed by atoms with Gasteiger partial charge in [-0.05, 0) is 55.3 Å². The Hall–Kier alpha value is -3.32. The lowest BCUT2D eigenvalue weighted by Crippen LogP contribution is -2.39. The molecule has 2 aromatic carbocycles. The highest BCUT2D eigenvalue weighted by atomic mass is 16.5. The van der Waals surface area contributed by atoms with Crippen LogP contribution in [0.1, 0.15) is 37.7 Å². The van der Waals surface area contributed by atoms with Crippen LogP contribution in [0, 0.1) is 0 Å². The number of rotatable bonds is 5. The fourth-order valence-corrected chi connectivity index (χ4v) is 4.01. The lowest BCUT2D eigenvalue weighted by molar-refractivity contribution is -0.119. The summed E-state index contributed by atoms with van der Waals surface area (Å²) in [6.45, 7) is 7.38. The Morgan fingerprint density at radius 1 is 1.16 bits per heavy atom. The number of ether oxygens (including phenoxy) is 1. The summed E-state index contributed by atoms with van der Waals surface area (Å²) < 4.78 is 5.63. The van der Waals surface area contributed by atoms with Gasteiger partial charge in [0.15, 0.2) is 0 Å². The van der Waals surface area contributed by atoms with E-state index in [0.29, 0.717) is 24.4 Å². The Kier molecular flexibility index (Phi) is 5.69. The van der Waals surface area contributed by atoms with Gasteiger partial charge in [0, 0.05) is 42.9 Å². The maximum atomic E-state index is 13.0. The zero-order valence-corrected chi connectivity index (χ0v) is 18.0. The second-order valence-electron chi connectivity index (χ2n) is 8.13. The molecule has 162 valence electrons. The predicted octanol–water partition coefficient (Wildman–Crippen LogP) is 3.56. The number of benzene rings is 2. The van der Waals surface area contributed by atoms with E-state index < -0.39 is 0 Å². The standard InChI is InChI=1S/C24H28N4O3/c1-16-15-31-22-12-11-20(14-21(16)22)28(25)17(2)24(30)26(3)18-7-9-19(10-8-18)27-13-5-4-6-23(27)29/h7-12,14,16H,2,4-6,13,15,25H2,1,3H3. The Morgan fingerprint density at radius 2 is 1.87 bits per heavy atom. The lowest BCUT2D eigenvalue weighted by Gasteiger charge is -2.28. The monoisotopic (exact) mass is 420 g/mol. The van der Waals surface area contributed by atoms with E-state index in [9.17, 15) is 9.59 Å². The molecule has 1 unspecified atom stereocenters. The molecule has 0 bridgehead atoms. The molecule has 1 atom stereocenters. The van der Waals surface area contributed by atoms with E-state index in [1.165, 1.54) is 9.91 Å². The largest absolute Gasteiger partial charge is 0.493 e. The Bertz CT molecular complexity index is 1020. The summed E-state index contributed by atoms with van der Waals surface area (Å²) in [5.74, 6) is 7.20. The summed E-state index contributed by atoms with van der Waals surface area (Å²) >= 11 is 0. The molecule has 2 aliphatic heterocycles. The van der Waals surface area contributed by atoms with Crippen molar-refractivity contribution in [1.29, 1.82) is 0 Å². The highest BCUT2D eigenvalue weighted by Gasteiger charge is 2.24. The summed E-state index contributed by atoms with van der Waals surface area (Å²) in [5, 5.41) is 1.31. The van der Waals surface area contributed by atoms with Crippen LogP contribution in [0.25, 0.3) is 0 Å². The SMILES string of the molecule is C=C(C(=O)N(C)c1ccc(N2CCCCC2=O)cc1)N(N)c1ccc2c(c1)C(C)CO2. The van der Waals surface area contributed by atoms with Crippen molar-refractivity contribution in [3.8, 4) is 5.75 Å². The van der Waals surface area contributed by atoms with Crippen molar-refractivity contribution in [3.63, 3.8) is 0 Å². The van der Waals surface area contributed by atoms with Gasteiger partial charge < -0.3 is 14.5 Å². The highest BCUT2D eigenvalue weighted by molar-refractivity contribution is 6.07. The maximum absolute atomic E-state index is 13.0. The van der Waals surface area contributed by atoms with Gasteiger partial charge in [0.1, 0.15) is 11.4 Å². The third-order valence-corrected chi connectivity index (χ3v) is 6.01. The van der Waals surface area contributed by atoms with Gasteiger partial charge in [-0.25, -0.2) is 5.84 Å². The van der Waals surface area contributed by atoms with Crippen LogP contribution < -0.4 is 25.4 Å². The summed E-state index contributed by atoms with van der Waals surface area (Å²) in [6, 6.07) is 13.0. The molecule has 0 saturated carbocycles. The molecule has 2 amide bonds. The fraction of sp³-hybridized carbons (Fsp3) is 0.333. The van der Waals surface area contributed by atoms with Crippen LogP contribution in [0.4, 0.5) is 17.1 Å². The van der Waals surface area contributed by atoms with Crippen LogP contribution in [0.3, 0.4) is 0 Å². The van der Waals surface area contributed by atoms with Crippen LogP contribution >= 0.6 is 0 Å². The van der Waals surface area contributed by atoms with Gasteiger partial charge in [-0.2, -0.15) is 0 Å². The second kappa shape index (κ2) is 8.43. The average molecular weight is 421 g/mol. The number of carbonyl (C=O) groups excluding carboxylic acids is 2. The molecule has 7 heteroatoms. The molecule has 0 aliphatic carbocycles. The van der Waals surface area contributed by atoms with E-state index in [0.717, 1.165) is 36.4 Å². The molecule has 2 N–H and O–H groups in total. The van der Waals surface area contributed by atoms with Crippen LogP contribution in [0.5, 0.6) is 5.75 Å². The third-order valence-electron chi connectivity index (χ3n) is 6.01. The zero-order valence-electron chi connectivity index (χ0n) is 18.0. The van der Waals surface area contributed by atoms with E-state index in [4.69, 9.17) is 10.6 Å². The molecule has 0 spiro atoms. The molecule has 0 aromatic heterocycles. The number of hydrogen-bond donors (Lipinski definition) is 1. The van der Waals surface area contributed by atoms with Gasteiger partial charge >= 0.3 is 0 Å². The number of likely N-dealkylation sites (N-methyl/N-ethyl adjacent to an activating group) is 1. The fourth-order valence-electron chi connectivity index (χ4n) is 4.01. The van der Waals surface area contributed by atoms with Gasteiger partial charge in [0.2, 0.25) is 5.91 Å². The molecule has 4 rings (SSSR count). The van der Waals surface area contributed by atoms with Crippen molar-refractivity contribution in [2.75, 3.05) is 35.0 Å². The normalized spacial score (nSPS) is 17.7. The third kappa shape index (κ3) is 4.01. The first-order valence-corrected chi connectivity index (χ1v) is 10.6. The van der Waals surface area contributed by atoms with Crippen molar-refractivity contribution >= 4 is 28.9 Å². The topological polar surface area (TPSA) is 79.1 Å². The summed E-state index contributed by atoms with van der Waals surface area (Å²) in [5.41, 5.74) is 3.46. The molecule has 0 radical (unpaired) electrons. The maximum Gasteiger partial charge on any atom is 0.275 e. The van der Waals surface area contributed by atoms with E-state index in [1.54, 1.807) is 11.9 Å². The minimum Gasteiger partial charge on any atom is -0.493 e. The molecule has 1 saturated heterocycles. The predicted molar refractivity (Wildman–Crippen MR) is 122 cm³/mol. The van der Waals surface area contributed by atoms with E-state index in [2.05, 4.69) is 13.5 Å². The Labute approximate surface area is 182 Å². The number of nitrogens with zero attached hydrogens (tertiary/aromatic N) is 3. The molecule has 2 heterocycles. The van der Waals surface area contributed by atoms with E-state index >= 15 is 0 Å². The number of piperidine rings is 1. The number of anilines is 3. The van der Waals surface area contributed by atoms with Gasteiger partial charge in [0.25, 0.3) is 5.91 Å². The first kappa shape index (κ1) is 20.9. The van der Waals surface area contributed by atoms with Crippen LogP contribution in [-0.4, -0.2) is 32.0 Å². The van der Waals surface area contributed by atoms with Crippen LogP contribution in [0.15, 0.2) is 54.7 Å². The van der Waals surface area contributed by atoms with Crippen molar-refractivity contribution in [1.82, 2.24) is 0 Å². The van der Waals surface area contributed by atoms with Crippen LogP contribution in [-0.2, 0) is 9.59 Å². The van der Waals surface area contributed by atoms with Gasteiger partial charge in [-0.15, -0.1) is 0 Å². The number of hydrazine groups is 1. The number of amides is 2. The minimum atomic E-state index is -0.311. The van der Waals surface area contributed by atoms with Gasteiger partial charge in [-0.3, -0.25) is 14.6 Å². The first-order chi connectivity index (χ1) is 14.9. The molecule has 2 aliphatic rings. The Morgan fingerprint density at radius 3 is 2.58 bits per heavy atom. The molecule has 2 aromatic rings. The number of carbonyl (C=O) groups is 2. The molecule has 31 heavy (non-hydrogen) atoms. The number of fused-ring (bicyclic) bond motifs is 1. The number of hydrogen-bond acceptors (Lipinski definition) is 5. The average Bonchev–Trinajstić information content (AvgIpc) is 3.17. The minimum absolute atomic E-state index is 0.143. The Balaban J connectivity index is 1.46.